The van der Waals surface area contributed by atoms with Gasteiger partial charge in [0, 0.05) is 17.3 Å². The first-order valence-electron chi connectivity index (χ1n) is 5.66. The highest BCUT2D eigenvalue weighted by atomic mass is 32.1. The normalized spacial score (nSPS) is 14.4. The zero-order valence-corrected chi connectivity index (χ0v) is 11.6. The largest absolute Gasteiger partial charge is 0.368 e. The molecule has 0 aliphatic heterocycles. The topological polar surface area (TPSA) is 48.1 Å². The van der Waals surface area contributed by atoms with Crippen LogP contribution < -0.4 is 5.73 Å². The zero-order valence-electron chi connectivity index (χ0n) is 10.8. The van der Waals surface area contributed by atoms with E-state index in [2.05, 4.69) is 31.1 Å². The average molecular weight is 242 g/mol. The Balaban J connectivity index is 2.83. The van der Waals surface area contributed by atoms with Crippen molar-refractivity contribution >= 4 is 11.3 Å². The van der Waals surface area contributed by atoms with Gasteiger partial charge in [-0.3, -0.25) is 0 Å². The molecular formula is C12H22N2OS. The van der Waals surface area contributed by atoms with Gasteiger partial charge in [0.15, 0.2) is 0 Å². The van der Waals surface area contributed by atoms with E-state index in [9.17, 15) is 0 Å². The highest BCUT2D eigenvalue weighted by Crippen LogP contribution is 2.28. The number of aromatic nitrogens is 1. The van der Waals surface area contributed by atoms with Crippen LogP contribution in [0.5, 0.6) is 0 Å². The molecule has 3 nitrogen and oxygen atoms in total. The molecule has 0 radical (unpaired) electrons. The van der Waals surface area contributed by atoms with Crippen LogP contribution in [0.25, 0.3) is 0 Å². The van der Waals surface area contributed by atoms with Crippen LogP contribution in [0.2, 0.25) is 0 Å². The fraction of sp³-hybridized carbons (Fsp3) is 0.750. The third-order valence-corrected chi connectivity index (χ3v) is 3.43. The monoisotopic (exact) mass is 242 g/mol. The van der Waals surface area contributed by atoms with E-state index < -0.39 is 0 Å². The van der Waals surface area contributed by atoms with E-state index in [1.54, 1.807) is 11.3 Å². The quantitative estimate of drug-likeness (QED) is 0.883. The molecule has 0 fully saturated rings. The van der Waals surface area contributed by atoms with Gasteiger partial charge in [0.2, 0.25) is 0 Å². The van der Waals surface area contributed by atoms with Crippen LogP contribution in [-0.2, 0) is 10.2 Å². The summed E-state index contributed by atoms with van der Waals surface area (Å²) in [5, 5.41) is 3.19. The fourth-order valence-electron chi connectivity index (χ4n) is 1.35. The highest BCUT2D eigenvalue weighted by Gasteiger charge is 2.21. The second-order valence-corrected chi connectivity index (χ2v) is 6.09. The van der Waals surface area contributed by atoms with Crippen molar-refractivity contribution in [2.24, 2.45) is 5.73 Å². The molecule has 0 saturated carbocycles. The first-order valence-corrected chi connectivity index (χ1v) is 6.54. The molecule has 0 aliphatic carbocycles. The molecular weight excluding hydrogens is 220 g/mol. The van der Waals surface area contributed by atoms with E-state index in [-0.39, 0.29) is 17.6 Å². The number of rotatable bonds is 4. The molecule has 0 saturated heterocycles. The SMILES string of the molecule is CC(C)OC(CN)c1csc(C(C)(C)C)n1. The highest BCUT2D eigenvalue weighted by molar-refractivity contribution is 7.09. The molecule has 0 aromatic carbocycles. The zero-order chi connectivity index (χ0) is 12.3. The fourth-order valence-corrected chi connectivity index (χ4v) is 2.30. The summed E-state index contributed by atoms with van der Waals surface area (Å²) in [6, 6.07) is 0. The summed E-state index contributed by atoms with van der Waals surface area (Å²) in [5.74, 6) is 0. The van der Waals surface area contributed by atoms with E-state index in [1.807, 2.05) is 13.8 Å². The maximum absolute atomic E-state index is 5.73. The molecule has 1 aromatic heterocycles. The van der Waals surface area contributed by atoms with Gasteiger partial charge in [-0.05, 0) is 13.8 Å². The van der Waals surface area contributed by atoms with Crippen molar-refractivity contribution in [3.63, 3.8) is 0 Å². The summed E-state index contributed by atoms with van der Waals surface area (Å²) in [4.78, 5) is 4.62. The third-order valence-electron chi connectivity index (χ3n) is 2.14. The number of hydrogen-bond donors (Lipinski definition) is 1. The molecule has 4 heteroatoms. The van der Waals surface area contributed by atoms with Crippen LogP contribution in [0.15, 0.2) is 5.38 Å². The molecule has 1 unspecified atom stereocenters. The van der Waals surface area contributed by atoms with Crippen LogP contribution in [0.3, 0.4) is 0 Å². The van der Waals surface area contributed by atoms with Gasteiger partial charge >= 0.3 is 0 Å². The van der Waals surface area contributed by atoms with Gasteiger partial charge in [0.05, 0.1) is 16.8 Å². The van der Waals surface area contributed by atoms with Gasteiger partial charge in [-0.1, -0.05) is 20.8 Å². The van der Waals surface area contributed by atoms with E-state index in [1.165, 1.54) is 0 Å². The summed E-state index contributed by atoms with van der Waals surface area (Å²) < 4.78 is 5.73. The van der Waals surface area contributed by atoms with Gasteiger partial charge in [0.1, 0.15) is 6.10 Å². The number of nitrogens with zero attached hydrogens (tertiary/aromatic N) is 1. The lowest BCUT2D eigenvalue weighted by atomic mass is 9.98. The Kier molecular flexibility index (Phi) is 4.47. The van der Waals surface area contributed by atoms with Crippen molar-refractivity contribution in [1.82, 2.24) is 4.98 Å². The summed E-state index contributed by atoms with van der Waals surface area (Å²) in [7, 11) is 0. The molecule has 2 N–H and O–H groups in total. The number of nitrogens with two attached hydrogens (primary N) is 1. The molecule has 0 amide bonds. The van der Waals surface area contributed by atoms with Crippen molar-refractivity contribution < 1.29 is 4.74 Å². The van der Waals surface area contributed by atoms with Crippen molar-refractivity contribution in [2.75, 3.05) is 6.54 Å². The van der Waals surface area contributed by atoms with Crippen molar-refractivity contribution in [1.29, 1.82) is 0 Å². The summed E-state index contributed by atoms with van der Waals surface area (Å²) in [6.07, 6.45) is 0.0979. The Labute approximate surface area is 102 Å². The summed E-state index contributed by atoms with van der Waals surface area (Å²) >= 11 is 1.68. The molecule has 0 bridgehead atoms. The van der Waals surface area contributed by atoms with Gasteiger partial charge in [-0.2, -0.15) is 0 Å². The van der Waals surface area contributed by atoms with Gasteiger partial charge in [0.25, 0.3) is 0 Å². The molecule has 0 spiro atoms. The Hall–Kier alpha value is -0.450. The first-order chi connectivity index (χ1) is 7.34. The minimum absolute atomic E-state index is 0.0765. The Morgan fingerprint density at radius 1 is 1.44 bits per heavy atom. The van der Waals surface area contributed by atoms with E-state index in [0.29, 0.717) is 6.54 Å². The van der Waals surface area contributed by atoms with E-state index >= 15 is 0 Å². The van der Waals surface area contributed by atoms with Crippen LogP contribution in [0.4, 0.5) is 0 Å². The van der Waals surface area contributed by atoms with Gasteiger partial charge < -0.3 is 10.5 Å². The first kappa shape index (κ1) is 13.6. The molecule has 16 heavy (non-hydrogen) atoms. The van der Waals surface area contributed by atoms with Gasteiger partial charge in [-0.15, -0.1) is 11.3 Å². The second kappa shape index (κ2) is 5.25. The minimum Gasteiger partial charge on any atom is -0.368 e. The number of thiazole rings is 1. The Morgan fingerprint density at radius 3 is 2.44 bits per heavy atom. The third kappa shape index (κ3) is 3.54. The minimum atomic E-state index is -0.0765. The lowest BCUT2D eigenvalue weighted by Gasteiger charge is -2.17. The molecule has 1 aromatic rings. The predicted octanol–water partition coefficient (Wildman–Crippen LogP) is 2.87. The summed E-state index contributed by atoms with van der Waals surface area (Å²) in [6.45, 7) is 11.0. The molecule has 1 heterocycles. The average Bonchev–Trinajstić information content (AvgIpc) is 2.61. The van der Waals surface area contributed by atoms with Crippen molar-refractivity contribution in [3.8, 4) is 0 Å². The summed E-state index contributed by atoms with van der Waals surface area (Å²) in [5.41, 5.74) is 6.77. The maximum Gasteiger partial charge on any atom is 0.113 e. The van der Waals surface area contributed by atoms with Crippen molar-refractivity contribution in [3.05, 3.63) is 16.1 Å². The predicted molar refractivity (Wildman–Crippen MR) is 68.8 cm³/mol. The van der Waals surface area contributed by atoms with Gasteiger partial charge in [-0.25, -0.2) is 4.98 Å². The molecule has 92 valence electrons. The second-order valence-electron chi connectivity index (χ2n) is 5.24. The number of hydrogen-bond acceptors (Lipinski definition) is 4. The van der Waals surface area contributed by atoms with Crippen LogP contribution >= 0.6 is 11.3 Å². The maximum atomic E-state index is 5.73. The van der Waals surface area contributed by atoms with Crippen LogP contribution in [-0.4, -0.2) is 17.6 Å². The number of ether oxygens (including phenoxy) is 1. The Bertz CT molecular complexity index is 328. The molecule has 0 aliphatic rings. The van der Waals surface area contributed by atoms with Crippen LogP contribution in [0.1, 0.15) is 51.4 Å². The lowest BCUT2D eigenvalue weighted by Crippen LogP contribution is -2.20. The van der Waals surface area contributed by atoms with Crippen LogP contribution in [0, 0.1) is 0 Å². The standard InChI is InChI=1S/C12H22N2OS/c1-8(2)15-10(6-13)9-7-16-11(14-9)12(3,4)5/h7-8,10H,6,13H2,1-5H3. The molecule has 1 rings (SSSR count). The Morgan fingerprint density at radius 2 is 2.06 bits per heavy atom. The lowest BCUT2D eigenvalue weighted by molar-refractivity contribution is 0.00977. The molecule has 1 atom stereocenters. The van der Waals surface area contributed by atoms with Crippen molar-refractivity contribution in [2.45, 2.75) is 52.2 Å². The smallest absolute Gasteiger partial charge is 0.113 e. The van der Waals surface area contributed by atoms with E-state index in [0.717, 1.165) is 10.7 Å². The van der Waals surface area contributed by atoms with E-state index in [4.69, 9.17) is 10.5 Å².